The first-order valence-electron chi connectivity index (χ1n) is 10.1. The maximum absolute atomic E-state index is 5.84. The molecule has 0 spiro atoms. The number of rotatable bonds is 7. The van der Waals surface area contributed by atoms with E-state index in [1.807, 2.05) is 23.0 Å². The van der Waals surface area contributed by atoms with Gasteiger partial charge < -0.3 is 10.5 Å². The van der Waals surface area contributed by atoms with Crippen molar-refractivity contribution in [1.82, 2.24) is 19.7 Å². The smallest absolute Gasteiger partial charge is 0.158 e. The number of hydrogen-bond donors (Lipinski definition) is 1. The summed E-state index contributed by atoms with van der Waals surface area (Å²) < 4.78 is 7.79. The number of fused-ring (bicyclic) bond motifs is 1. The van der Waals surface area contributed by atoms with E-state index in [9.17, 15) is 0 Å². The van der Waals surface area contributed by atoms with Gasteiger partial charge in [-0.3, -0.25) is 4.90 Å². The highest BCUT2D eigenvalue weighted by atomic mass is 16.5. The highest BCUT2D eigenvalue weighted by Crippen LogP contribution is 2.32. The lowest BCUT2D eigenvalue weighted by Crippen LogP contribution is -2.20. The van der Waals surface area contributed by atoms with Crippen molar-refractivity contribution in [3.8, 4) is 5.75 Å². The van der Waals surface area contributed by atoms with Gasteiger partial charge in [0.05, 0.1) is 18.3 Å². The fourth-order valence-electron chi connectivity index (χ4n) is 4.06. The summed E-state index contributed by atoms with van der Waals surface area (Å²) >= 11 is 0. The van der Waals surface area contributed by atoms with Gasteiger partial charge >= 0.3 is 0 Å². The molecule has 0 radical (unpaired) electrons. The van der Waals surface area contributed by atoms with Crippen molar-refractivity contribution < 1.29 is 4.74 Å². The summed E-state index contributed by atoms with van der Waals surface area (Å²) in [4.78, 5) is 7.03. The number of aromatic nitrogens is 3. The minimum atomic E-state index is 0.192. The molecule has 1 unspecified atom stereocenters. The molecular weight excluding hydrogens is 350 g/mol. The molecule has 2 aromatic heterocycles. The number of pyridine rings is 1. The van der Waals surface area contributed by atoms with Crippen LogP contribution >= 0.6 is 0 Å². The third-order valence-electron chi connectivity index (χ3n) is 5.21. The van der Waals surface area contributed by atoms with Crippen molar-refractivity contribution in [2.24, 2.45) is 5.73 Å². The number of nitrogens with zero attached hydrogens (tertiary/aromatic N) is 4. The van der Waals surface area contributed by atoms with Gasteiger partial charge in [-0.25, -0.2) is 9.67 Å². The molecule has 1 aliphatic rings. The molecule has 0 amide bonds. The third-order valence-corrected chi connectivity index (χ3v) is 5.21. The molecule has 2 N–H and O–H groups in total. The Hall–Kier alpha value is -2.44. The van der Waals surface area contributed by atoms with Crippen LogP contribution in [0.25, 0.3) is 11.0 Å². The minimum Gasteiger partial charge on any atom is -0.491 e. The molecule has 3 aromatic rings. The maximum atomic E-state index is 5.84. The first-order chi connectivity index (χ1) is 13.6. The Bertz CT molecular complexity index is 936. The van der Waals surface area contributed by atoms with E-state index in [-0.39, 0.29) is 6.10 Å². The molecule has 6 heteroatoms. The number of ether oxygens (including phenoxy) is 1. The fourth-order valence-corrected chi connectivity index (χ4v) is 4.06. The Balaban J connectivity index is 1.48. The molecule has 1 saturated heterocycles. The van der Waals surface area contributed by atoms with Gasteiger partial charge in [-0.1, -0.05) is 12.1 Å². The quantitative estimate of drug-likeness (QED) is 0.683. The van der Waals surface area contributed by atoms with E-state index in [2.05, 4.69) is 48.0 Å². The van der Waals surface area contributed by atoms with Crippen LogP contribution in [0.1, 0.15) is 37.4 Å². The second-order valence-corrected chi connectivity index (χ2v) is 7.81. The molecule has 1 atom stereocenters. The average molecular weight is 380 g/mol. The Morgan fingerprint density at radius 3 is 2.96 bits per heavy atom. The summed E-state index contributed by atoms with van der Waals surface area (Å²) in [7, 11) is 0. The van der Waals surface area contributed by atoms with E-state index in [0.29, 0.717) is 19.0 Å². The lowest BCUT2D eigenvalue weighted by atomic mass is 10.0. The van der Waals surface area contributed by atoms with Gasteiger partial charge in [0.25, 0.3) is 0 Å². The fraction of sp³-hybridized carbons (Fsp3) is 0.455. The van der Waals surface area contributed by atoms with Gasteiger partial charge in [0.2, 0.25) is 0 Å². The van der Waals surface area contributed by atoms with E-state index in [1.165, 1.54) is 5.56 Å². The van der Waals surface area contributed by atoms with Gasteiger partial charge in [0, 0.05) is 37.1 Å². The van der Waals surface area contributed by atoms with Crippen LogP contribution in [-0.2, 0) is 13.1 Å². The summed E-state index contributed by atoms with van der Waals surface area (Å²) in [5, 5.41) is 6.04. The average Bonchev–Trinajstić information content (AvgIpc) is 3.27. The molecule has 3 heterocycles. The molecule has 0 saturated carbocycles. The Morgan fingerprint density at radius 1 is 1.25 bits per heavy atom. The number of benzene rings is 1. The number of nitrogens with two attached hydrogens (primary N) is 1. The summed E-state index contributed by atoms with van der Waals surface area (Å²) in [5.41, 5.74) is 9.16. The Labute approximate surface area is 166 Å². The highest BCUT2D eigenvalue weighted by Gasteiger charge is 2.28. The molecule has 6 nitrogen and oxygen atoms in total. The van der Waals surface area contributed by atoms with Crippen LogP contribution in [0.2, 0.25) is 0 Å². The predicted molar refractivity (Wildman–Crippen MR) is 111 cm³/mol. The van der Waals surface area contributed by atoms with Crippen molar-refractivity contribution in [3.05, 3.63) is 53.9 Å². The van der Waals surface area contributed by atoms with Crippen molar-refractivity contribution in [3.63, 3.8) is 0 Å². The van der Waals surface area contributed by atoms with Gasteiger partial charge in [-0.15, -0.1) is 0 Å². The van der Waals surface area contributed by atoms with E-state index in [1.54, 1.807) is 0 Å². The molecule has 28 heavy (non-hydrogen) atoms. The largest absolute Gasteiger partial charge is 0.491 e. The van der Waals surface area contributed by atoms with E-state index in [4.69, 9.17) is 15.6 Å². The van der Waals surface area contributed by atoms with Gasteiger partial charge in [-0.2, -0.15) is 5.10 Å². The Kier molecular flexibility index (Phi) is 5.59. The SMILES string of the molecule is CC(C)Oc1cccc(CN2CCC(c3nn(CCN)c4ncccc34)C2)c1. The second kappa shape index (κ2) is 8.29. The molecule has 148 valence electrons. The Morgan fingerprint density at radius 2 is 2.14 bits per heavy atom. The number of likely N-dealkylation sites (tertiary alicyclic amines) is 1. The first kappa shape index (κ1) is 18.9. The summed E-state index contributed by atoms with van der Waals surface area (Å²) in [6.07, 6.45) is 3.14. The van der Waals surface area contributed by atoms with E-state index >= 15 is 0 Å². The normalized spacial score (nSPS) is 17.6. The molecule has 0 bridgehead atoms. The molecule has 0 aliphatic carbocycles. The minimum absolute atomic E-state index is 0.192. The zero-order valence-corrected chi connectivity index (χ0v) is 16.7. The summed E-state index contributed by atoms with van der Waals surface area (Å²) in [6.45, 7) is 8.40. The lowest BCUT2D eigenvalue weighted by Gasteiger charge is -2.17. The van der Waals surface area contributed by atoms with Crippen LogP contribution in [0.3, 0.4) is 0 Å². The van der Waals surface area contributed by atoms with Gasteiger partial charge in [0.1, 0.15) is 5.75 Å². The molecular formula is C22H29N5O. The topological polar surface area (TPSA) is 69.2 Å². The number of hydrogen-bond acceptors (Lipinski definition) is 5. The molecule has 1 aromatic carbocycles. The second-order valence-electron chi connectivity index (χ2n) is 7.81. The van der Waals surface area contributed by atoms with Crippen LogP contribution < -0.4 is 10.5 Å². The molecule has 1 fully saturated rings. The zero-order valence-electron chi connectivity index (χ0n) is 16.7. The molecule has 1 aliphatic heterocycles. The van der Waals surface area contributed by atoms with Crippen molar-refractivity contribution in [2.45, 2.75) is 45.4 Å². The molecule has 4 rings (SSSR count). The van der Waals surface area contributed by atoms with Crippen molar-refractivity contribution >= 4 is 11.0 Å². The zero-order chi connectivity index (χ0) is 19.5. The summed E-state index contributed by atoms with van der Waals surface area (Å²) in [6, 6.07) is 12.6. The van der Waals surface area contributed by atoms with Crippen LogP contribution in [0.15, 0.2) is 42.6 Å². The van der Waals surface area contributed by atoms with Crippen molar-refractivity contribution in [2.75, 3.05) is 19.6 Å². The highest BCUT2D eigenvalue weighted by molar-refractivity contribution is 5.78. The summed E-state index contributed by atoms with van der Waals surface area (Å²) in [5.74, 6) is 1.38. The monoisotopic (exact) mass is 379 g/mol. The maximum Gasteiger partial charge on any atom is 0.158 e. The third kappa shape index (κ3) is 4.03. The first-order valence-corrected chi connectivity index (χ1v) is 10.1. The van der Waals surface area contributed by atoms with Crippen LogP contribution in [0.5, 0.6) is 5.75 Å². The standard InChI is InChI=1S/C22H29N5O/c1-16(2)28-19-6-3-5-17(13-19)14-26-11-8-18(15-26)21-20-7-4-10-24-22(20)27(25-21)12-9-23/h3-7,10,13,16,18H,8-9,11-12,14-15,23H2,1-2H3. The van der Waals surface area contributed by atoms with Crippen LogP contribution in [0.4, 0.5) is 0 Å². The van der Waals surface area contributed by atoms with Crippen LogP contribution in [-0.4, -0.2) is 45.4 Å². The lowest BCUT2D eigenvalue weighted by molar-refractivity contribution is 0.241. The predicted octanol–water partition coefficient (Wildman–Crippen LogP) is 3.17. The van der Waals surface area contributed by atoms with Crippen molar-refractivity contribution in [1.29, 1.82) is 0 Å². The van der Waals surface area contributed by atoms with E-state index < -0.39 is 0 Å². The van der Waals surface area contributed by atoms with Gasteiger partial charge in [-0.05, 0) is 56.6 Å². The van der Waals surface area contributed by atoms with E-state index in [0.717, 1.165) is 48.5 Å². The van der Waals surface area contributed by atoms with Gasteiger partial charge in [0.15, 0.2) is 5.65 Å². The van der Waals surface area contributed by atoms with Crippen LogP contribution in [0, 0.1) is 0 Å².